The van der Waals surface area contributed by atoms with Gasteiger partial charge in [0.25, 0.3) is 0 Å². The van der Waals surface area contributed by atoms with E-state index in [0.29, 0.717) is 6.04 Å². The molecule has 0 unspecified atom stereocenters. The summed E-state index contributed by atoms with van der Waals surface area (Å²) in [7, 11) is 2.12. The lowest BCUT2D eigenvalue weighted by molar-refractivity contribution is 0.174. The molecule has 1 atom stereocenters. The van der Waals surface area contributed by atoms with Crippen LogP contribution in [-0.2, 0) is 13.5 Å². The van der Waals surface area contributed by atoms with Crippen LogP contribution < -0.4 is 5.32 Å². The van der Waals surface area contributed by atoms with Crippen LogP contribution in [0, 0.1) is 0 Å². The largest absolute Gasteiger partial charge is 0.331 e. The molecule has 1 N–H and O–H groups in total. The van der Waals surface area contributed by atoms with Gasteiger partial charge in [0.1, 0.15) is 5.82 Å². The maximum Gasteiger partial charge on any atom is 0.110 e. The van der Waals surface area contributed by atoms with Crippen LogP contribution in [0.3, 0.4) is 0 Å². The second-order valence-corrected chi connectivity index (χ2v) is 5.41. The third-order valence-corrected chi connectivity index (χ3v) is 4.14. The van der Waals surface area contributed by atoms with E-state index < -0.39 is 0 Å². The first-order chi connectivity index (χ1) is 9.25. The molecule has 1 fully saturated rings. The van der Waals surface area contributed by atoms with Crippen LogP contribution in [0.15, 0.2) is 24.3 Å². The lowest BCUT2D eigenvalue weighted by atomic mass is 10.2. The number of fused-ring (bicyclic) bond motifs is 1. The molecule has 3 rings (SSSR count). The van der Waals surface area contributed by atoms with E-state index in [4.69, 9.17) is 4.98 Å². The summed E-state index contributed by atoms with van der Waals surface area (Å²) in [5, 5.41) is 3.43. The number of para-hydroxylation sites is 2. The zero-order valence-electron chi connectivity index (χ0n) is 12.6. The van der Waals surface area contributed by atoms with Crippen LogP contribution in [0.25, 0.3) is 11.0 Å². The van der Waals surface area contributed by atoms with Crippen LogP contribution in [0.5, 0.6) is 0 Å². The van der Waals surface area contributed by atoms with Crippen molar-refractivity contribution in [1.82, 2.24) is 19.8 Å². The van der Waals surface area contributed by atoms with E-state index in [1.54, 1.807) is 0 Å². The first kappa shape index (κ1) is 18.2. The Bertz CT molecular complexity index is 570. The zero-order valence-corrected chi connectivity index (χ0v) is 14.2. The van der Waals surface area contributed by atoms with Crippen molar-refractivity contribution in [2.24, 2.45) is 7.05 Å². The first-order valence-electron chi connectivity index (χ1n) is 7.11. The van der Waals surface area contributed by atoms with E-state index in [9.17, 15) is 0 Å². The quantitative estimate of drug-likeness (QED) is 0.937. The van der Waals surface area contributed by atoms with Gasteiger partial charge in [0.2, 0.25) is 0 Å². The highest BCUT2D eigenvalue weighted by Gasteiger charge is 2.18. The second kappa shape index (κ2) is 7.99. The molecule has 6 heteroatoms. The van der Waals surface area contributed by atoms with Gasteiger partial charge in [-0.25, -0.2) is 4.98 Å². The maximum atomic E-state index is 4.74. The number of piperazine rings is 1. The average Bonchev–Trinajstić information content (AvgIpc) is 2.75. The minimum absolute atomic E-state index is 0. The lowest BCUT2D eigenvalue weighted by Crippen LogP contribution is -2.50. The van der Waals surface area contributed by atoms with Crippen LogP contribution >= 0.6 is 24.8 Å². The molecule has 0 saturated carbocycles. The number of hydrogen-bond donors (Lipinski definition) is 1. The van der Waals surface area contributed by atoms with E-state index in [2.05, 4.69) is 53.0 Å². The monoisotopic (exact) mass is 330 g/mol. The lowest BCUT2D eigenvalue weighted by Gasteiger charge is -2.33. The fraction of sp³-hybridized carbons (Fsp3) is 0.533. The summed E-state index contributed by atoms with van der Waals surface area (Å²) >= 11 is 0. The summed E-state index contributed by atoms with van der Waals surface area (Å²) in [4.78, 5) is 7.29. The second-order valence-electron chi connectivity index (χ2n) is 5.41. The Hall–Kier alpha value is -0.810. The number of imidazole rings is 1. The summed E-state index contributed by atoms with van der Waals surface area (Å²) in [6, 6.07) is 8.98. The number of benzene rings is 1. The van der Waals surface area contributed by atoms with E-state index in [1.807, 2.05) is 0 Å². The SMILES string of the molecule is C[C@H]1CNCCN1CCc1nc2ccccc2n1C.Cl.Cl. The molecule has 2 heterocycles. The molecular weight excluding hydrogens is 307 g/mol. The Morgan fingerprint density at radius 3 is 2.76 bits per heavy atom. The van der Waals surface area contributed by atoms with Gasteiger partial charge in [-0.05, 0) is 19.1 Å². The Balaban J connectivity index is 0.00000110. The van der Waals surface area contributed by atoms with Gasteiger partial charge in [0, 0.05) is 45.7 Å². The molecule has 118 valence electrons. The molecule has 1 aliphatic heterocycles. The van der Waals surface area contributed by atoms with Gasteiger partial charge in [-0.1, -0.05) is 12.1 Å². The molecule has 1 aromatic carbocycles. The van der Waals surface area contributed by atoms with Crippen molar-refractivity contribution in [1.29, 1.82) is 0 Å². The molecule has 0 aliphatic carbocycles. The number of aromatic nitrogens is 2. The molecule has 21 heavy (non-hydrogen) atoms. The third kappa shape index (κ3) is 3.89. The molecule has 0 spiro atoms. The maximum absolute atomic E-state index is 4.74. The van der Waals surface area contributed by atoms with Crippen molar-refractivity contribution in [3.05, 3.63) is 30.1 Å². The van der Waals surface area contributed by atoms with Crippen molar-refractivity contribution in [3.8, 4) is 0 Å². The first-order valence-corrected chi connectivity index (χ1v) is 7.11. The summed E-state index contributed by atoms with van der Waals surface area (Å²) in [6.45, 7) is 6.74. The molecular formula is C15H24Cl2N4. The molecule has 1 aliphatic rings. The van der Waals surface area contributed by atoms with E-state index in [0.717, 1.165) is 38.1 Å². The van der Waals surface area contributed by atoms with Crippen molar-refractivity contribution < 1.29 is 0 Å². The van der Waals surface area contributed by atoms with Crippen molar-refractivity contribution in [3.63, 3.8) is 0 Å². The molecule has 0 bridgehead atoms. The summed E-state index contributed by atoms with van der Waals surface area (Å²) in [5.74, 6) is 1.19. The number of rotatable bonds is 3. The molecule has 1 aromatic heterocycles. The highest BCUT2D eigenvalue weighted by atomic mass is 35.5. The normalized spacial score (nSPS) is 19.0. The van der Waals surface area contributed by atoms with Gasteiger partial charge in [0.15, 0.2) is 0 Å². The fourth-order valence-corrected chi connectivity index (χ4v) is 2.88. The van der Waals surface area contributed by atoms with Crippen molar-refractivity contribution >= 4 is 35.8 Å². The summed E-state index contributed by atoms with van der Waals surface area (Å²) in [5.41, 5.74) is 2.33. The molecule has 2 aromatic rings. The Labute approximate surface area is 138 Å². The van der Waals surface area contributed by atoms with Gasteiger partial charge in [-0.3, -0.25) is 4.90 Å². The van der Waals surface area contributed by atoms with Gasteiger partial charge in [-0.2, -0.15) is 0 Å². The smallest absolute Gasteiger partial charge is 0.110 e. The third-order valence-electron chi connectivity index (χ3n) is 4.14. The van der Waals surface area contributed by atoms with Gasteiger partial charge >= 0.3 is 0 Å². The Kier molecular flexibility index (Phi) is 6.94. The minimum atomic E-state index is 0. The number of hydrogen-bond acceptors (Lipinski definition) is 3. The van der Waals surface area contributed by atoms with Crippen LogP contribution in [-0.4, -0.2) is 46.7 Å². The molecule has 0 amide bonds. The number of nitrogens with one attached hydrogen (secondary N) is 1. The zero-order chi connectivity index (χ0) is 13.2. The number of nitrogens with zero attached hydrogens (tertiary/aromatic N) is 3. The van der Waals surface area contributed by atoms with Gasteiger partial charge < -0.3 is 9.88 Å². The molecule has 1 saturated heterocycles. The van der Waals surface area contributed by atoms with Crippen molar-refractivity contribution in [2.45, 2.75) is 19.4 Å². The van der Waals surface area contributed by atoms with Crippen LogP contribution in [0.1, 0.15) is 12.7 Å². The Morgan fingerprint density at radius 1 is 1.29 bits per heavy atom. The van der Waals surface area contributed by atoms with E-state index >= 15 is 0 Å². The van der Waals surface area contributed by atoms with Crippen LogP contribution in [0.2, 0.25) is 0 Å². The summed E-state index contributed by atoms with van der Waals surface area (Å²) < 4.78 is 2.22. The highest BCUT2D eigenvalue weighted by molar-refractivity contribution is 5.85. The van der Waals surface area contributed by atoms with Crippen molar-refractivity contribution in [2.75, 3.05) is 26.2 Å². The average molecular weight is 331 g/mol. The predicted molar refractivity (Wildman–Crippen MR) is 92.8 cm³/mol. The topological polar surface area (TPSA) is 33.1 Å². The van der Waals surface area contributed by atoms with E-state index in [1.165, 1.54) is 11.3 Å². The minimum Gasteiger partial charge on any atom is -0.331 e. The highest BCUT2D eigenvalue weighted by Crippen LogP contribution is 2.15. The van der Waals surface area contributed by atoms with Gasteiger partial charge in [0.05, 0.1) is 11.0 Å². The van der Waals surface area contributed by atoms with E-state index in [-0.39, 0.29) is 24.8 Å². The predicted octanol–water partition coefficient (Wildman–Crippen LogP) is 2.25. The molecule has 0 radical (unpaired) electrons. The van der Waals surface area contributed by atoms with Crippen LogP contribution in [0.4, 0.5) is 0 Å². The molecule has 4 nitrogen and oxygen atoms in total. The number of halogens is 2. The fourth-order valence-electron chi connectivity index (χ4n) is 2.88. The summed E-state index contributed by atoms with van der Waals surface area (Å²) in [6.07, 6.45) is 1.02. The number of aryl methyl sites for hydroxylation is 1. The standard InChI is InChI=1S/C15H22N4.2ClH/c1-12-11-16-8-10-19(12)9-7-15-17-13-5-3-4-6-14(13)18(15)2;;/h3-6,12,16H,7-11H2,1-2H3;2*1H/t12-;;/m0../s1. The Morgan fingerprint density at radius 2 is 2.05 bits per heavy atom. The van der Waals surface area contributed by atoms with Gasteiger partial charge in [-0.15, -0.1) is 24.8 Å².